The van der Waals surface area contributed by atoms with Gasteiger partial charge in [0.25, 0.3) is 0 Å². The molecule has 0 N–H and O–H groups in total. The van der Waals surface area contributed by atoms with Crippen molar-refractivity contribution < 1.29 is 9.13 Å². The molecule has 0 saturated heterocycles. The van der Waals surface area contributed by atoms with Crippen LogP contribution in [0.25, 0.3) is 72.2 Å². The molecule has 3 unspecified atom stereocenters. The van der Waals surface area contributed by atoms with Gasteiger partial charge in [-0.2, -0.15) is 9.13 Å². The molecule has 282 valence electrons. The van der Waals surface area contributed by atoms with Crippen molar-refractivity contribution in [2.24, 2.45) is 0 Å². The van der Waals surface area contributed by atoms with Gasteiger partial charge in [-0.25, -0.2) is 4.98 Å². The van der Waals surface area contributed by atoms with Gasteiger partial charge in [-0.05, 0) is 82.9 Å². The van der Waals surface area contributed by atoms with Gasteiger partial charge in [-0.15, -0.1) is 0 Å². The molecule has 12 rings (SSSR count). The molecule has 3 aliphatic heterocycles. The molecule has 0 radical (unpaired) electrons. The molecule has 9 aromatic rings. The van der Waals surface area contributed by atoms with E-state index >= 15 is 0 Å². The molecule has 5 nitrogen and oxygen atoms in total. The molecule has 7 heterocycles. The van der Waals surface area contributed by atoms with E-state index in [0.29, 0.717) is 0 Å². The first-order chi connectivity index (χ1) is 28.3. The molecule has 5 heteroatoms. The lowest BCUT2D eigenvalue weighted by atomic mass is 9.56. The van der Waals surface area contributed by atoms with Gasteiger partial charge in [0.05, 0.1) is 39.6 Å². The van der Waals surface area contributed by atoms with Gasteiger partial charge in [0.2, 0.25) is 28.8 Å². The second kappa shape index (κ2) is 11.6. The Hall–Kier alpha value is -6.33. The number of hydrogen-bond acceptors (Lipinski definition) is 1. The maximum atomic E-state index is 4.84. The first-order valence-electron chi connectivity index (χ1n) is 21.1. The zero-order valence-electron chi connectivity index (χ0n) is 33.9. The van der Waals surface area contributed by atoms with E-state index in [2.05, 4.69) is 199 Å². The molecule has 0 bridgehead atoms. The summed E-state index contributed by atoms with van der Waals surface area (Å²) < 4.78 is 10.2. The molecule has 0 fully saturated rings. The third-order valence-corrected chi connectivity index (χ3v) is 15.1. The highest BCUT2D eigenvalue weighted by atomic mass is 15.2. The number of aromatic nitrogens is 5. The molecular formula is C53H47N5+2. The molecule has 58 heavy (non-hydrogen) atoms. The number of nitrogens with zero attached hydrogens (tertiary/aromatic N) is 5. The van der Waals surface area contributed by atoms with E-state index in [9.17, 15) is 0 Å². The van der Waals surface area contributed by atoms with E-state index in [1.54, 1.807) is 0 Å². The maximum absolute atomic E-state index is 4.84. The highest BCUT2D eigenvalue weighted by Gasteiger charge is 2.68. The molecular weight excluding hydrogens is 707 g/mol. The summed E-state index contributed by atoms with van der Waals surface area (Å²) in [5.41, 5.74) is 13.8. The highest BCUT2D eigenvalue weighted by Crippen LogP contribution is 2.56. The first-order valence-corrected chi connectivity index (χ1v) is 21.1. The van der Waals surface area contributed by atoms with E-state index in [1.807, 2.05) is 6.20 Å². The summed E-state index contributed by atoms with van der Waals surface area (Å²) in [6.07, 6.45) is 10.8. The van der Waals surface area contributed by atoms with Crippen LogP contribution in [0.3, 0.4) is 0 Å². The molecule has 3 aliphatic rings. The fraction of sp³-hybridized carbons (Fsp3) is 0.226. The standard InChI is InChI=1S/C53H47N5/c1-6-52(5)41-24-22-35(36-23-25-44-39(31-36)38-17-14-19-43-49(38)58(44)45-20-11-10-18-42(45)51(43,3)4)32-40(41)48-37-16-9-8-15-34(37)26-29-57(48)53(52,7-2)47-33-55-30-27-54-50(55)46-21-12-13-28-56(46)47/h8-32,47H,6-7,33H2,1-5H3/q+2. The maximum Gasteiger partial charge on any atom is 0.249 e. The van der Waals surface area contributed by atoms with Gasteiger partial charge >= 0.3 is 0 Å². The minimum atomic E-state index is -0.298. The molecule has 0 aliphatic carbocycles. The molecule has 5 aromatic carbocycles. The van der Waals surface area contributed by atoms with E-state index in [1.165, 1.54) is 83.0 Å². The van der Waals surface area contributed by atoms with Crippen molar-refractivity contribution in [3.8, 4) is 39.6 Å². The number of fused-ring (bicyclic) bond motifs is 13. The molecule has 4 aromatic heterocycles. The van der Waals surface area contributed by atoms with Crippen LogP contribution in [0.15, 0.2) is 152 Å². The van der Waals surface area contributed by atoms with Crippen LogP contribution < -0.4 is 9.13 Å². The minimum Gasteiger partial charge on any atom is -0.319 e. The monoisotopic (exact) mass is 753 g/mol. The topological polar surface area (TPSA) is 30.5 Å². The number of pyridine rings is 2. The summed E-state index contributed by atoms with van der Waals surface area (Å²) in [5.74, 6) is 1.04. The number of hydrogen-bond donors (Lipinski definition) is 0. The largest absolute Gasteiger partial charge is 0.319 e. The predicted octanol–water partition coefficient (Wildman–Crippen LogP) is 11.4. The van der Waals surface area contributed by atoms with Crippen molar-refractivity contribution in [2.45, 2.75) is 76.4 Å². The van der Waals surface area contributed by atoms with E-state index < -0.39 is 0 Å². The quantitative estimate of drug-likeness (QED) is 0.165. The Kier molecular flexibility index (Phi) is 6.77. The van der Waals surface area contributed by atoms with Gasteiger partial charge in [0.15, 0.2) is 12.4 Å². The Labute approximate surface area is 339 Å². The SMILES string of the molecule is CCC1(C)c2ccc(-c3ccc4c(c3)c3cccc5c3n4-c3ccccc3C5(C)C)cc2-c2c3ccccc3cc[n+]2C1(CC)C1Cn2ccnc2-c2cccc[n+]21. The van der Waals surface area contributed by atoms with Crippen molar-refractivity contribution in [1.29, 1.82) is 0 Å². The van der Waals surface area contributed by atoms with Crippen molar-refractivity contribution in [3.63, 3.8) is 0 Å². The smallest absolute Gasteiger partial charge is 0.249 e. The zero-order chi connectivity index (χ0) is 39.1. The van der Waals surface area contributed by atoms with Crippen LogP contribution in [0.1, 0.15) is 70.2 Å². The first kappa shape index (κ1) is 33.8. The Balaban J connectivity index is 1.10. The van der Waals surface area contributed by atoms with Crippen LogP contribution in [-0.2, 0) is 22.9 Å². The molecule has 0 saturated carbocycles. The third kappa shape index (κ3) is 4.04. The Morgan fingerprint density at radius 1 is 0.690 bits per heavy atom. The lowest BCUT2D eigenvalue weighted by Gasteiger charge is -2.49. The van der Waals surface area contributed by atoms with Crippen molar-refractivity contribution in [1.82, 2.24) is 14.1 Å². The van der Waals surface area contributed by atoms with Gasteiger partial charge in [0.1, 0.15) is 0 Å². The minimum absolute atomic E-state index is 0.0887. The van der Waals surface area contributed by atoms with Crippen molar-refractivity contribution in [2.75, 3.05) is 0 Å². The van der Waals surface area contributed by atoms with Crippen LogP contribution in [-0.4, -0.2) is 14.1 Å². The van der Waals surface area contributed by atoms with E-state index in [-0.39, 0.29) is 22.4 Å². The summed E-state index contributed by atoms with van der Waals surface area (Å²) in [6.45, 7) is 13.0. The second-order valence-corrected chi connectivity index (χ2v) is 17.7. The van der Waals surface area contributed by atoms with Crippen LogP contribution in [0, 0.1) is 0 Å². The summed E-state index contributed by atoms with van der Waals surface area (Å²) in [4.78, 5) is 4.84. The summed E-state index contributed by atoms with van der Waals surface area (Å²) in [6, 6.07) is 48.5. The van der Waals surface area contributed by atoms with Gasteiger partial charge in [-0.1, -0.05) is 100 Å². The van der Waals surface area contributed by atoms with Crippen LogP contribution in [0.2, 0.25) is 0 Å². The predicted molar refractivity (Wildman–Crippen MR) is 234 cm³/mol. The highest BCUT2D eigenvalue weighted by molar-refractivity contribution is 6.12. The van der Waals surface area contributed by atoms with Gasteiger partial charge < -0.3 is 9.13 Å². The summed E-state index contributed by atoms with van der Waals surface area (Å²) in [5, 5.41) is 5.18. The second-order valence-electron chi connectivity index (χ2n) is 17.7. The van der Waals surface area contributed by atoms with E-state index in [0.717, 1.165) is 25.2 Å². The fourth-order valence-electron chi connectivity index (χ4n) is 12.2. The molecule has 0 spiro atoms. The van der Waals surface area contributed by atoms with Crippen LogP contribution >= 0.6 is 0 Å². The number of imidazole rings is 1. The summed E-state index contributed by atoms with van der Waals surface area (Å²) in [7, 11) is 0. The van der Waals surface area contributed by atoms with Gasteiger partial charge in [-0.3, -0.25) is 0 Å². The lowest BCUT2D eigenvalue weighted by Crippen LogP contribution is -2.77. The number of benzene rings is 5. The number of para-hydroxylation sites is 2. The fourth-order valence-corrected chi connectivity index (χ4v) is 12.2. The Bertz CT molecular complexity index is 3200. The van der Waals surface area contributed by atoms with Crippen molar-refractivity contribution >= 4 is 32.6 Å². The summed E-state index contributed by atoms with van der Waals surface area (Å²) >= 11 is 0. The third-order valence-electron chi connectivity index (χ3n) is 15.1. The average Bonchev–Trinajstić information content (AvgIpc) is 3.89. The molecule has 3 atom stereocenters. The average molecular weight is 754 g/mol. The van der Waals surface area contributed by atoms with Gasteiger partial charge in [0, 0.05) is 53.2 Å². The van der Waals surface area contributed by atoms with E-state index in [4.69, 9.17) is 4.98 Å². The Morgan fingerprint density at radius 3 is 2.34 bits per heavy atom. The number of rotatable bonds is 4. The van der Waals surface area contributed by atoms with Crippen LogP contribution in [0.4, 0.5) is 0 Å². The van der Waals surface area contributed by atoms with Crippen molar-refractivity contribution in [3.05, 3.63) is 169 Å². The lowest BCUT2D eigenvalue weighted by molar-refractivity contribution is -0.851. The normalized spacial score (nSPS) is 21.0. The van der Waals surface area contributed by atoms with Crippen LogP contribution in [0.5, 0.6) is 0 Å². The molecule has 0 amide bonds. The zero-order valence-corrected chi connectivity index (χ0v) is 33.9. The Morgan fingerprint density at radius 2 is 1.47 bits per heavy atom.